The number of likely N-dealkylation sites (tertiary alicyclic amines) is 1. The average molecular weight is 383 g/mol. The Balaban J connectivity index is 1.23. The molecule has 1 aromatic heterocycles. The van der Waals surface area contributed by atoms with Crippen LogP contribution in [0.4, 0.5) is 10.5 Å². The lowest BCUT2D eigenvalue weighted by atomic mass is 10.2. The number of aromatic nitrogens is 2. The van der Waals surface area contributed by atoms with Gasteiger partial charge in [-0.05, 0) is 24.9 Å². The van der Waals surface area contributed by atoms with Gasteiger partial charge in [-0.25, -0.2) is 4.79 Å². The van der Waals surface area contributed by atoms with Gasteiger partial charge in [-0.1, -0.05) is 30.3 Å². The summed E-state index contributed by atoms with van der Waals surface area (Å²) >= 11 is 0. The predicted molar refractivity (Wildman–Crippen MR) is 110 cm³/mol. The minimum atomic E-state index is 0.0670. The Labute approximate surface area is 166 Å². The Kier molecular flexibility index (Phi) is 5.81. The largest absolute Gasteiger partial charge is 0.365 e. The zero-order valence-electron chi connectivity index (χ0n) is 16.6. The van der Waals surface area contributed by atoms with Crippen LogP contribution in [0.15, 0.2) is 42.7 Å². The molecule has 2 aliphatic rings. The number of anilines is 1. The molecule has 1 unspecified atom stereocenters. The molecule has 3 heterocycles. The van der Waals surface area contributed by atoms with E-state index < -0.39 is 0 Å². The van der Waals surface area contributed by atoms with Crippen molar-refractivity contribution in [3.8, 4) is 0 Å². The number of piperazine rings is 1. The van der Waals surface area contributed by atoms with Gasteiger partial charge in [0.05, 0.1) is 11.9 Å². The summed E-state index contributed by atoms with van der Waals surface area (Å²) < 4.78 is 1.82. The van der Waals surface area contributed by atoms with Crippen LogP contribution in [0.5, 0.6) is 0 Å². The molecule has 0 spiro atoms. The van der Waals surface area contributed by atoms with E-state index >= 15 is 0 Å². The fourth-order valence-corrected chi connectivity index (χ4v) is 4.21. The highest BCUT2D eigenvalue weighted by atomic mass is 16.2. The SMILES string of the molecule is Cn1cc(N2CCN(C(=O)NCC3CCCN3Cc3ccccc3)CC2)cn1. The maximum atomic E-state index is 12.6. The molecule has 7 heteroatoms. The number of hydrogen-bond acceptors (Lipinski definition) is 4. The fourth-order valence-electron chi connectivity index (χ4n) is 4.21. The van der Waals surface area contributed by atoms with Gasteiger partial charge in [0.2, 0.25) is 0 Å². The second-order valence-electron chi connectivity index (χ2n) is 7.78. The molecule has 2 fully saturated rings. The lowest BCUT2D eigenvalue weighted by Crippen LogP contribution is -2.53. The van der Waals surface area contributed by atoms with Crippen molar-refractivity contribution in [2.24, 2.45) is 7.05 Å². The maximum absolute atomic E-state index is 12.6. The van der Waals surface area contributed by atoms with Crippen molar-refractivity contribution in [3.63, 3.8) is 0 Å². The van der Waals surface area contributed by atoms with Gasteiger partial charge in [0.1, 0.15) is 0 Å². The van der Waals surface area contributed by atoms with Crippen molar-refractivity contribution < 1.29 is 4.79 Å². The zero-order chi connectivity index (χ0) is 19.3. The van der Waals surface area contributed by atoms with Crippen LogP contribution in [0.2, 0.25) is 0 Å². The standard InChI is InChI=1S/C21H30N6O/c1-24-17-20(15-23-24)25-10-12-26(13-11-25)21(28)22-14-19-8-5-9-27(19)16-18-6-3-2-4-7-18/h2-4,6-7,15,17,19H,5,8-14,16H2,1H3,(H,22,28). The van der Waals surface area contributed by atoms with E-state index in [0.717, 1.165) is 57.9 Å². The van der Waals surface area contributed by atoms with Gasteiger partial charge in [-0.2, -0.15) is 5.10 Å². The molecule has 2 aromatic rings. The first kappa shape index (κ1) is 18.8. The zero-order valence-corrected chi connectivity index (χ0v) is 16.6. The number of hydrogen-bond donors (Lipinski definition) is 1. The molecule has 1 aromatic carbocycles. The highest BCUT2D eigenvalue weighted by molar-refractivity contribution is 5.74. The van der Waals surface area contributed by atoms with Crippen molar-refractivity contribution in [1.82, 2.24) is 24.9 Å². The number of rotatable bonds is 5. The number of nitrogens with one attached hydrogen (secondary N) is 1. The first-order chi connectivity index (χ1) is 13.7. The molecule has 0 radical (unpaired) electrons. The Bertz CT molecular complexity index is 768. The van der Waals surface area contributed by atoms with Gasteiger partial charge in [0.25, 0.3) is 0 Å². The second kappa shape index (κ2) is 8.65. The molecule has 2 aliphatic heterocycles. The summed E-state index contributed by atoms with van der Waals surface area (Å²) in [6.07, 6.45) is 6.27. The summed E-state index contributed by atoms with van der Waals surface area (Å²) in [5.74, 6) is 0. The van der Waals surface area contributed by atoms with Crippen LogP contribution in [0.3, 0.4) is 0 Å². The number of benzene rings is 1. The minimum absolute atomic E-state index is 0.0670. The molecule has 4 rings (SSSR count). The number of aryl methyl sites for hydroxylation is 1. The summed E-state index contributed by atoms with van der Waals surface area (Å²) in [5.41, 5.74) is 2.47. The Morgan fingerprint density at radius 3 is 2.64 bits per heavy atom. The van der Waals surface area contributed by atoms with Crippen LogP contribution >= 0.6 is 0 Å². The monoisotopic (exact) mass is 382 g/mol. The third kappa shape index (κ3) is 4.47. The molecule has 2 saturated heterocycles. The Hall–Kier alpha value is -2.54. The maximum Gasteiger partial charge on any atom is 0.317 e. The molecule has 150 valence electrons. The first-order valence-electron chi connectivity index (χ1n) is 10.2. The predicted octanol–water partition coefficient (Wildman–Crippen LogP) is 1.92. The Morgan fingerprint density at radius 2 is 1.93 bits per heavy atom. The van der Waals surface area contributed by atoms with Gasteiger partial charge >= 0.3 is 6.03 Å². The summed E-state index contributed by atoms with van der Waals surface area (Å²) in [4.78, 5) is 19.3. The number of amides is 2. The van der Waals surface area contributed by atoms with Crippen LogP contribution in [0.1, 0.15) is 18.4 Å². The minimum Gasteiger partial charge on any atom is -0.365 e. The number of carbonyl (C=O) groups is 1. The number of urea groups is 1. The van der Waals surface area contributed by atoms with Gasteiger partial charge in [-0.15, -0.1) is 0 Å². The van der Waals surface area contributed by atoms with E-state index in [1.165, 1.54) is 12.0 Å². The highest BCUT2D eigenvalue weighted by Crippen LogP contribution is 2.20. The van der Waals surface area contributed by atoms with Crippen LogP contribution in [0.25, 0.3) is 0 Å². The van der Waals surface area contributed by atoms with E-state index in [4.69, 9.17) is 0 Å². The summed E-state index contributed by atoms with van der Waals surface area (Å²) in [7, 11) is 1.93. The van der Waals surface area contributed by atoms with Crippen molar-refractivity contribution in [2.75, 3.05) is 44.2 Å². The van der Waals surface area contributed by atoms with Crippen molar-refractivity contribution in [2.45, 2.75) is 25.4 Å². The molecule has 0 bridgehead atoms. The molecule has 1 atom stereocenters. The van der Waals surface area contributed by atoms with Crippen LogP contribution in [0, 0.1) is 0 Å². The molecule has 0 saturated carbocycles. The molecule has 2 amide bonds. The van der Waals surface area contributed by atoms with Crippen LogP contribution in [-0.2, 0) is 13.6 Å². The second-order valence-corrected chi connectivity index (χ2v) is 7.78. The molecule has 0 aliphatic carbocycles. The lowest BCUT2D eigenvalue weighted by Gasteiger charge is -2.35. The molecule has 28 heavy (non-hydrogen) atoms. The van der Waals surface area contributed by atoms with E-state index in [-0.39, 0.29) is 6.03 Å². The first-order valence-corrected chi connectivity index (χ1v) is 10.2. The fraction of sp³-hybridized carbons (Fsp3) is 0.524. The van der Waals surface area contributed by atoms with E-state index in [2.05, 4.69) is 50.5 Å². The van der Waals surface area contributed by atoms with Crippen LogP contribution in [-0.4, -0.2) is 70.9 Å². The van der Waals surface area contributed by atoms with E-state index in [0.29, 0.717) is 6.04 Å². The van der Waals surface area contributed by atoms with Gasteiger partial charge in [0, 0.05) is 58.6 Å². The summed E-state index contributed by atoms with van der Waals surface area (Å²) in [6.45, 7) is 6.00. The van der Waals surface area contributed by atoms with E-state index in [9.17, 15) is 4.79 Å². The topological polar surface area (TPSA) is 56.6 Å². The van der Waals surface area contributed by atoms with E-state index in [1.807, 2.05) is 29.0 Å². The molecular formula is C21H30N6O. The normalized spacial score (nSPS) is 20.5. The summed E-state index contributed by atoms with van der Waals surface area (Å²) in [6, 6.07) is 11.1. The summed E-state index contributed by atoms with van der Waals surface area (Å²) in [5, 5.41) is 7.41. The third-order valence-electron chi connectivity index (χ3n) is 5.84. The number of nitrogens with zero attached hydrogens (tertiary/aromatic N) is 5. The van der Waals surface area contributed by atoms with Gasteiger partial charge in [0.15, 0.2) is 0 Å². The Morgan fingerprint density at radius 1 is 1.14 bits per heavy atom. The van der Waals surface area contributed by atoms with Crippen molar-refractivity contribution >= 4 is 11.7 Å². The molecule has 1 N–H and O–H groups in total. The molecular weight excluding hydrogens is 352 g/mol. The van der Waals surface area contributed by atoms with Crippen molar-refractivity contribution in [3.05, 3.63) is 48.3 Å². The average Bonchev–Trinajstić information content (AvgIpc) is 3.36. The van der Waals surface area contributed by atoms with Gasteiger partial charge < -0.3 is 15.1 Å². The third-order valence-corrected chi connectivity index (χ3v) is 5.84. The highest BCUT2D eigenvalue weighted by Gasteiger charge is 2.27. The smallest absolute Gasteiger partial charge is 0.317 e. The van der Waals surface area contributed by atoms with Crippen LogP contribution < -0.4 is 10.2 Å². The van der Waals surface area contributed by atoms with Gasteiger partial charge in [-0.3, -0.25) is 9.58 Å². The quantitative estimate of drug-likeness (QED) is 0.858. The van der Waals surface area contributed by atoms with E-state index in [1.54, 1.807) is 0 Å². The number of carbonyl (C=O) groups excluding carboxylic acids is 1. The van der Waals surface area contributed by atoms with Crippen molar-refractivity contribution in [1.29, 1.82) is 0 Å². The lowest BCUT2D eigenvalue weighted by molar-refractivity contribution is 0.186. The molecule has 7 nitrogen and oxygen atoms in total.